The third kappa shape index (κ3) is 3.25. The van der Waals surface area contributed by atoms with E-state index >= 15 is 0 Å². The van der Waals surface area contributed by atoms with Crippen molar-refractivity contribution < 1.29 is 38.4 Å². The minimum Gasteiger partial charge on any atom is -0.495 e. The summed E-state index contributed by atoms with van der Waals surface area (Å²) in [4.78, 5) is 39.8. The lowest BCUT2D eigenvalue weighted by molar-refractivity contribution is -0.166. The molecule has 0 radical (unpaired) electrons. The Balaban J connectivity index is 2.31. The van der Waals surface area contributed by atoms with Gasteiger partial charge in [-0.05, 0) is 19.1 Å². The van der Waals surface area contributed by atoms with Crippen LogP contribution >= 0.6 is 0 Å². The summed E-state index contributed by atoms with van der Waals surface area (Å²) in [5.41, 5.74) is -1.43. The quantitative estimate of drug-likeness (QED) is 0.492. The van der Waals surface area contributed by atoms with Crippen molar-refractivity contribution in [1.82, 2.24) is 4.98 Å². The van der Waals surface area contributed by atoms with E-state index in [-0.39, 0.29) is 35.7 Å². The van der Waals surface area contributed by atoms with Crippen LogP contribution in [0, 0.1) is 0 Å². The molecule has 3 rings (SSSR count). The van der Waals surface area contributed by atoms with Crippen LogP contribution < -0.4 is 10.1 Å². The zero-order valence-electron chi connectivity index (χ0n) is 16.5. The number of anilines is 1. The summed E-state index contributed by atoms with van der Waals surface area (Å²) in [5.74, 6) is -1.96. The number of carbonyl (C=O) groups excluding carboxylic acids is 3. The number of fused-ring (bicyclic) bond motifs is 3. The van der Waals surface area contributed by atoms with E-state index < -0.39 is 29.6 Å². The number of hydrogen-bond acceptors (Lipinski definition) is 9. The summed E-state index contributed by atoms with van der Waals surface area (Å²) in [5, 5.41) is 14.8. The molecular weight excluding hydrogens is 384 g/mol. The number of rotatable bonds is 5. The molecule has 0 amide bonds. The molecule has 0 spiro atoms. The van der Waals surface area contributed by atoms with Gasteiger partial charge < -0.3 is 34.4 Å². The molecule has 29 heavy (non-hydrogen) atoms. The third-order valence-electron chi connectivity index (χ3n) is 4.84. The molecule has 2 atom stereocenters. The van der Waals surface area contributed by atoms with Gasteiger partial charge in [-0.15, -0.1) is 0 Å². The lowest BCUT2D eigenvalue weighted by Gasteiger charge is -2.37. The lowest BCUT2D eigenvalue weighted by Crippen LogP contribution is -2.49. The fourth-order valence-electron chi connectivity index (χ4n) is 3.55. The van der Waals surface area contributed by atoms with Gasteiger partial charge >= 0.3 is 17.9 Å². The molecule has 3 N–H and O–H groups in total. The van der Waals surface area contributed by atoms with Crippen molar-refractivity contribution in [3.63, 3.8) is 0 Å². The standard InChI is InChI=1S/C19H22N2O8/c1-5-29-17(23)10-6-9-7-12(26-2)15-13(14(9)20-10)19(25,18(24)28-4)8-11(21-15)16(22)27-3/h6-7,11,20-21,25H,5,8H2,1-4H3. The Morgan fingerprint density at radius 3 is 2.52 bits per heavy atom. The van der Waals surface area contributed by atoms with Gasteiger partial charge in [0.15, 0.2) is 5.60 Å². The van der Waals surface area contributed by atoms with Crippen LogP contribution in [0.25, 0.3) is 10.9 Å². The molecular formula is C19H22N2O8. The Hall–Kier alpha value is -3.27. The number of aliphatic hydroxyl groups is 1. The van der Waals surface area contributed by atoms with E-state index in [0.717, 1.165) is 7.11 Å². The largest absolute Gasteiger partial charge is 0.495 e. The van der Waals surface area contributed by atoms with E-state index in [9.17, 15) is 19.5 Å². The average Bonchev–Trinajstić information content (AvgIpc) is 3.15. The molecule has 10 heteroatoms. The molecule has 0 saturated carbocycles. The predicted octanol–water partition coefficient (Wildman–Crippen LogP) is 1.07. The number of aromatic amines is 1. The Morgan fingerprint density at radius 1 is 1.21 bits per heavy atom. The average molecular weight is 406 g/mol. The number of aromatic nitrogens is 1. The van der Waals surface area contributed by atoms with Crippen molar-refractivity contribution in [2.75, 3.05) is 33.3 Å². The van der Waals surface area contributed by atoms with E-state index in [4.69, 9.17) is 18.9 Å². The highest BCUT2D eigenvalue weighted by atomic mass is 16.5. The zero-order valence-corrected chi connectivity index (χ0v) is 16.5. The summed E-state index contributed by atoms with van der Waals surface area (Å²) in [6.07, 6.45) is -0.338. The van der Waals surface area contributed by atoms with Gasteiger partial charge in [0.25, 0.3) is 0 Å². The number of H-pyrrole nitrogens is 1. The van der Waals surface area contributed by atoms with Crippen molar-refractivity contribution in [3.05, 3.63) is 23.4 Å². The second-order valence-electron chi connectivity index (χ2n) is 6.47. The maximum Gasteiger partial charge on any atom is 0.354 e. The third-order valence-corrected chi connectivity index (χ3v) is 4.84. The molecule has 1 aliphatic rings. The zero-order chi connectivity index (χ0) is 21.3. The molecule has 1 aromatic heterocycles. The number of methoxy groups -OCH3 is 3. The molecule has 0 aliphatic carbocycles. The predicted molar refractivity (Wildman–Crippen MR) is 101 cm³/mol. The van der Waals surface area contributed by atoms with Crippen LogP contribution in [-0.2, 0) is 29.4 Å². The van der Waals surface area contributed by atoms with Crippen molar-refractivity contribution >= 4 is 34.5 Å². The molecule has 0 fully saturated rings. The number of benzene rings is 1. The fraction of sp³-hybridized carbons (Fsp3) is 0.421. The Morgan fingerprint density at radius 2 is 1.93 bits per heavy atom. The summed E-state index contributed by atoms with van der Waals surface area (Å²) in [7, 11) is 3.74. The molecule has 156 valence electrons. The first kappa shape index (κ1) is 20.5. The van der Waals surface area contributed by atoms with E-state index in [0.29, 0.717) is 10.9 Å². The van der Waals surface area contributed by atoms with Crippen LogP contribution in [0.2, 0.25) is 0 Å². The Bertz CT molecular complexity index is 982. The van der Waals surface area contributed by atoms with Gasteiger partial charge in [0.1, 0.15) is 17.5 Å². The Kier molecular flexibility index (Phi) is 5.38. The van der Waals surface area contributed by atoms with Crippen molar-refractivity contribution in [3.8, 4) is 5.75 Å². The van der Waals surface area contributed by atoms with Gasteiger partial charge in [-0.25, -0.2) is 14.4 Å². The van der Waals surface area contributed by atoms with Crippen LogP contribution in [0.4, 0.5) is 5.69 Å². The first-order chi connectivity index (χ1) is 13.8. The monoisotopic (exact) mass is 406 g/mol. The number of hydrogen-bond donors (Lipinski definition) is 3. The minimum absolute atomic E-state index is 0.106. The molecule has 2 heterocycles. The van der Waals surface area contributed by atoms with Crippen molar-refractivity contribution in [1.29, 1.82) is 0 Å². The van der Waals surface area contributed by atoms with Crippen LogP contribution in [0.15, 0.2) is 12.1 Å². The first-order valence-corrected chi connectivity index (χ1v) is 8.87. The molecule has 1 aliphatic heterocycles. The summed E-state index contributed by atoms with van der Waals surface area (Å²) in [6, 6.07) is 2.11. The highest BCUT2D eigenvalue weighted by Crippen LogP contribution is 2.47. The van der Waals surface area contributed by atoms with Gasteiger partial charge in [-0.3, -0.25) is 0 Å². The van der Waals surface area contributed by atoms with Gasteiger partial charge in [-0.2, -0.15) is 0 Å². The van der Waals surface area contributed by atoms with Gasteiger partial charge in [0, 0.05) is 17.4 Å². The number of ether oxygens (including phenoxy) is 4. The molecule has 0 bridgehead atoms. The normalized spacial score (nSPS) is 20.4. The molecule has 0 saturated heterocycles. The summed E-state index contributed by atoms with van der Waals surface area (Å²) >= 11 is 0. The molecule has 1 aromatic carbocycles. The second kappa shape index (κ2) is 7.63. The highest BCUT2D eigenvalue weighted by molar-refractivity contribution is 6.03. The second-order valence-corrected chi connectivity index (χ2v) is 6.47. The smallest absolute Gasteiger partial charge is 0.354 e. The first-order valence-electron chi connectivity index (χ1n) is 8.87. The van der Waals surface area contributed by atoms with Gasteiger partial charge in [0.05, 0.1) is 39.1 Å². The van der Waals surface area contributed by atoms with Crippen molar-refractivity contribution in [2.24, 2.45) is 0 Å². The van der Waals surface area contributed by atoms with Crippen LogP contribution in [0.1, 0.15) is 29.4 Å². The van der Waals surface area contributed by atoms with Crippen LogP contribution in [0.5, 0.6) is 5.75 Å². The van der Waals surface area contributed by atoms with E-state index in [2.05, 4.69) is 10.3 Å². The molecule has 10 nitrogen and oxygen atoms in total. The van der Waals surface area contributed by atoms with Gasteiger partial charge in [0.2, 0.25) is 0 Å². The maximum absolute atomic E-state index is 12.6. The fourth-order valence-corrected chi connectivity index (χ4v) is 3.55. The van der Waals surface area contributed by atoms with Crippen LogP contribution in [0.3, 0.4) is 0 Å². The number of esters is 3. The number of nitrogens with one attached hydrogen (secondary N) is 2. The SMILES string of the molecule is CCOC(=O)c1cc2cc(OC)c3c(c2[nH]1)C(O)(C(=O)OC)CC(C(=O)OC)N3. The summed E-state index contributed by atoms with van der Waals surface area (Å²) < 4.78 is 20.0. The molecule has 2 aromatic rings. The lowest BCUT2D eigenvalue weighted by atomic mass is 9.81. The highest BCUT2D eigenvalue weighted by Gasteiger charge is 2.50. The van der Waals surface area contributed by atoms with E-state index in [1.807, 2.05) is 0 Å². The molecule has 2 unspecified atom stereocenters. The maximum atomic E-state index is 12.6. The Labute approximate surface area is 166 Å². The minimum atomic E-state index is -2.20. The van der Waals surface area contributed by atoms with E-state index in [1.54, 1.807) is 13.0 Å². The van der Waals surface area contributed by atoms with E-state index in [1.165, 1.54) is 20.3 Å². The topological polar surface area (TPSA) is 136 Å². The van der Waals surface area contributed by atoms with Gasteiger partial charge in [-0.1, -0.05) is 0 Å². The van der Waals surface area contributed by atoms with Crippen molar-refractivity contribution in [2.45, 2.75) is 25.0 Å². The number of carbonyl (C=O) groups is 3. The van der Waals surface area contributed by atoms with Crippen LogP contribution in [-0.4, -0.2) is 62.0 Å². The summed E-state index contributed by atoms with van der Waals surface area (Å²) in [6.45, 7) is 1.86.